The van der Waals surface area contributed by atoms with Crippen LogP contribution in [0.15, 0.2) is 36.7 Å². The number of benzene rings is 1. The maximum Gasteiger partial charge on any atom is 0.338 e. The topological polar surface area (TPSA) is 105 Å². The molecule has 1 N–H and O–H groups in total. The number of ether oxygens (including phenoxy) is 1. The molecular formula is C20H22N4O5. The molecule has 1 unspecified atom stereocenters. The van der Waals surface area contributed by atoms with Gasteiger partial charge in [0, 0.05) is 19.3 Å². The summed E-state index contributed by atoms with van der Waals surface area (Å²) in [6.45, 7) is 2.71. The number of carboxylic acid groups (broad SMARTS) is 1. The lowest BCUT2D eigenvalue weighted by atomic mass is 10.0. The molecule has 3 heterocycles. The molecular weight excluding hydrogens is 376 g/mol. The van der Waals surface area contributed by atoms with Gasteiger partial charge in [0.2, 0.25) is 5.91 Å². The van der Waals surface area contributed by atoms with Gasteiger partial charge in [0.05, 0.1) is 23.5 Å². The third-order valence-corrected chi connectivity index (χ3v) is 5.41. The lowest BCUT2D eigenvalue weighted by molar-refractivity contribution is -0.134. The third kappa shape index (κ3) is 3.67. The average molecular weight is 398 g/mol. The van der Waals surface area contributed by atoms with E-state index in [1.807, 2.05) is 12.1 Å². The Balaban J connectivity index is 1.40. The summed E-state index contributed by atoms with van der Waals surface area (Å²) in [6, 6.07) is 7.26. The van der Waals surface area contributed by atoms with Crippen molar-refractivity contribution in [3.63, 3.8) is 0 Å². The number of anilines is 1. The highest BCUT2D eigenvalue weighted by Crippen LogP contribution is 2.33. The second-order valence-corrected chi connectivity index (χ2v) is 7.28. The minimum absolute atomic E-state index is 0.0286. The molecule has 0 saturated carbocycles. The molecule has 1 saturated heterocycles. The number of hydrogen-bond donors (Lipinski definition) is 1. The Hall–Kier alpha value is -3.36. The Bertz CT molecular complexity index is 948. The molecule has 152 valence electrons. The molecule has 2 aliphatic heterocycles. The van der Waals surface area contributed by atoms with Gasteiger partial charge in [-0.15, -0.1) is 0 Å². The molecule has 0 bridgehead atoms. The summed E-state index contributed by atoms with van der Waals surface area (Å²) in [5, 5.41) is 13.2. The van der Waals surface area contributed by atoms with E-state index in [1.54, 1.807) is 28.6 Å². The molecule has 29 heavy (non-hydrogen) atoms. The molecule has 1 aromatic carbocycles. The predicted octanol–water partition coefficient (Wildman–Crippen LogP) is 1.56. The van der Waals surface area contributed by atoms with E-state index in [0.29, 0.717) is 37.4 Å². The number of likely N-dealkylation sites (tertiary alicyclic amines) is 1. The second-order valence-electron chi connectivity index (χ2n) is 7.28. The minimum atomic E-state index is -1.01. The summed E-state index contributed by atoms with van der Waals surface area (Å²) in [6.07, 6.45) is 3.58. The number of aromatic nitrogens is 2. The number of carboxylic acids is 1. The van der Waals surface area contributed by atoms with Crippen LogP contribution in [0, 0.1) is 0 Å². The van der Waals surface area contributed by atoms with E-state index in [0.717, 1.165) is 0 Å². The van der Waals surface area contributed by atoms with Crippen molar-refractivity contribution in [1.29, 1.82) is 0 Å². The van der Waals surface area contributed by atoms with Gasteiger partial charge in [-0.05, 0) is 31.9 Å². The third-order valence-electron chi connectivity index (χ3n) is 5.41. The zero-order valence-electron chi connectivity index (χ0n) is 16.0. The number of para-hydroxylation sites is 2. The van der Waals surface area contributed by atoms with Crippen LogP contribution in [0.4, 0.5) is 5.69 Å². The van der Waals surface area contributed by atoms with Crippen molar-refractivity contribution in [3.8, 4) is 5.75 Å². The van der Waals surface area contributed by atoms with E-state index in [-0.39, 0.29) is 30.0 Å². The minimum Gasteiger partial charge on any atom is -0.479 e. The fraction of sp³-hybridized carbons (Fsp3) is 0.400. The Kier molecular flexibility index (Phi) is 4.96. The van der Waals surface area contributed by atoms with E-state index >= 15 is 0 Å². The number of amides is 2. The molecule has 1 fully saturated rings. The van der Waals surface area contributed by atoms with Crippen molar-refractivity contribution in [2.24, 2.45) is 0 Å². The van der Waals surface area contributed by atoms with Gasteiger partial charge in [-0.2, -0.15) is 5.10 Å². The molecule has 9 heteroatoms. The van der Waals surface area contributed by atoms with Crippen LogP contribution in [0.2, 0.25) is 0 Å². The van der Waals surface area contributed by atoms with Gasteiger partial charge in [0.25, 0.3) is 5.91 Å². The first-order valence-electron chi connectivity index (χ1n) is 9.56. The van der Waals surface area contributed by atoms with Gasteiger partial charge in [0.15, 0.2) is 6.10 Å². The van der Waals surface area contributed by atoms with Gasteiger partial charge in [-0.25, -0.2) is 4.79 Å². The number of carbonyl (C=O) groups excluding carboxylic acids is 2. The summed E-state index contributed by atoms with van der Waals surface area (Å²) in [5.74, 6) is -0.760. The number of hydrogen-bond acceptors (Lipinski definition) is 5. The molecule has 2 aliphatic rings. The molecule has 1 atom stereocenters. The van der Waals surface area contributed by atoms with Crippen molar-refractivity contribution < 1.29 is 24.2 Å². The van der Waals surface area contributed by atoms with Crippen molar-refractivity contribution >= 4 is 23.5 Å². The van der Waals surface area contributed by atoms with Crippen LogP contribution in [0.25, 0.3) is 0 Å². The number of carbonyl (C=O) groups is 3. The summed E-state index contributed by atoms with van der Waals surface area (Å²) in [7, 11) is 0. The molecule has 0 spiro atoms. The number of aromatic carboxylic acids is 1. The molecule has 1 aromatic heterocycles. The quantitative estimate of drug-likeness (QED) is 0.838. The van der Waals surface area contributed by atoms with Crippen LogP contribution in [0.3, 0.4) is 0 Å². The summed E-state index contributed by atoms with van der Waals surface area (Å²) in [5.41, 5.74) is 0.763. The second kappa shape index (κ2) is 7.57. The van der Waals surface area contributed by atoms with E-state index in [2.05, 4.69) is 5.10 Å². The highest BCUT2D eigenvalue weighted by molar-refractivity contribution is 6.03. The zero-order valence-corrected chi connectivity index (χ0v) is 16.0. The normalized spacial score (nSPS) is 19.6. The van der Waals surface area contributed by atoms with Crippen LogP contribution < -0.4 is 9.64 Å². The van der Waals surface area contributed by atoms with Crippen molar-refractivity contribution in [3.05, 3.63) is 42.2 Å². The van der Waals surface area contributed by atoms with Crippen LogP contribution in [0.5, 0.6) is 5.75 Å². The Morgan fingerprint density at radius 2 is 1.97 bits per heavy atom. The first-order chi connectivity index (χ1) is 13.9. The molecule has 0 radical (unpaired) electrons. The molecule has 0 aliphatic carbocycles. The van der Waals surface area contributed by atoms with Crippen molar-refractivity contribution in [1.82, 2.24) is 14.7 Å². The average Bonchev–Trinajstić information content (AvgIpc) is 3.22. The molecule has 2 aromatic rings. The van der Waals surface area contributed by atoms with E-state index in [1.165, 1.54) is 17.3 Å². The van der Waals surface area contributed by atoms with Crippen molar-refractivity contribution in [2.75, 3.05) is 24.5 Å². The Labute approximate surface area is 167 Å². The lowest BCUT2D eigenvalue weighted by Gasteiger charge is -2.36. The fourth-order valence-corrected chi connectivity index (χ4v) is 3.79. The maximum atomic E-state index is 12.9. The molecule has 4 rings (SSSR count). The maximum absolute atomic E-state index is 12.9. The van der Waals surface area contributed by atoms with E-state index in [4.69, 9.17) is 9.84 Å². The number of rotatable bonds is 4. The fourth-order valence-electron chi connectivity index (χ4n) is 3.79. The first-order valence-corrected chi connectivity index (χ1v) is 9.56. The smallest absolute Gasteiger partial charge is 0.338 e. The summed E-state index contributed by atoms with van der Waals surface area (Å²) in [4.78, 5) is 39.7. The van der Waals surface area contributed by atoms with Crippen LogP contribution in [-0.4, -0.2) is 63.3 Å². The van der Waals surface area contributed by atoms with Crippen LogP contribution >= 0.6 is 0 Å². The van der Waals surface area contributed by atoms with Gasteiger partial charge in [0.1, 0.15) is 12.3 Å². The van der Waals surface area contributed by atoms with Crippen LogP contribution in [-0.2, 0) is 9.59 Å². The first kappa shape index (κ1) is 19.0. The molecule has 9 nitrogen and oxygen atoms in total. The highest BCUT2D eigenvalue weighted by atomic mass is 16.5. The predicted molar refractivity (Wildman–Crippen MR) is 103 cm³/mol. The van der Waals surface area contributed by atoms with Gasteiger partial charge < -0.3 is 14.7 Å². The van der Waals surface area contributed by atoms with E-state index in [9.17, 15) is 14.4 Å². The standard InChI is InChI=1S/C20H22N4O5/c1-13-19(26)23(16-4-2-3-5-17(16)29-13)12-18(25)22-8-6-15(7-9-22)24-11-14(10-21-24)20(27)28/h2-5,10-11,13,15H,6-9,12H2,1H3,(H,27,28). The van der Waals surface area contributed by atoms with Crippen molar-refractivity contribution in [2.45, 2.75) is 31.9 Å². The highest BCUT2D eigenvalue weighted by Gasteiger charge is 2.34. The van der Waals surface area contributed by atoms with Gasteiger partial charge in [-0.3, -0.25) is 19.2 Å². The summed E-state index contributed by atoms with van der Waals surface area (Å²) >= 11 is 0. The largest absolute Gasteiger partial charge is 0.479 e. The number of fused-ring (bicyclic) bond motifs is 1. The SMILES string of the molecule is CC1Oc2ccccc2N(CC(=O)N2CCC(n3cc(C(=O)O)cn3)CC2)C1=O. The van der Waals surface area contributed by atoms with Gasteiger partial charge in [-0.1, -0.05) is 12.1 Å². The zero-order chi connectivity index (χ0) is 20.5. The van der Waals surface area contributed by atoms with Crippen LogP contribution in [0.1, 0.15) is 36.2 Å². The monoisotopic (exact) mass is 398 g/mol. The number of piperidine rings is 1. The summed E-state index contributed by atoms with van der Waals surface area (Å²) < 4.78 is 7.28. The lowest BCUT2D eigenvalue weighted by Crippen LogP contribution is -2.50. The number of nitrogens with zero attached hydrogens (tertiary/aromatic N) is 4. The Morgan fingerprint density at radius 3 is 2.66 bits per heavy atom. The van der Waals surface area contributed by atoms with Gasteiger partial charge >= 0.3 is 5.97 Å². The van der Waals surface area contributed by atoms with E-state index < -0.39 is 12.1 Å². The molecule has 2 amide bonds. The Morgan fingerprint density at radius 1 is 1.24 bits per heavy atom.